The average molecular weight is 294 g/mol. The van der Waals surface area contributed by atoms with Crippen LogP contribution in [0, 0.1) is 0 Å². The minimum absolute atomic E-state index is 0.00716. The highest BCUT2D eigenvalue weighted by atomic mass is 16.5. The molecule has 0 aliphatic carbocycles. The van der Waals surface area contributed by atoms with Crippen molar-refractivity contribution in [1.29, 1.82) is 0 Å². The zero-order valence-corrected chi connectivity index (χ0v) is 13.1. The summed E-state index contributed by atoms with van der Waals surface area (Å²) in [7, 11) is 1.62. The van der Waals surface area contributed by atoms with Gasteiger partial charge in [-0.25, -0.2) is 0 Å². The predicted molar refractivity (Wildman–Crippen MR) is 84.3 cm³/mol. The Kier molecular flexibility index (Phi) is 5.70. The standard InChI is InChI=1S/C16H26N2O3/c1-12(2)18-7-6-14(11-18)17-13-4-5-15(20-3)16(10-13)21-9-8-19/h4-5,10,12,14,17,19H,6-9,11H2,1-3H3. The Morgan fingerprint density at radius 1 is 1.38 bits per heavy atom. The van der Waals surface area contributed by atoms with Gasteiger partial charge < -0.3 is 19.9 Å². The summed E-state index contributed by atoms with van der Waals surface area (Å²) in [6, 6.07) is 6.89. The van der Waals surface area contributed by atoms with Gasteiger partial charge in [-0.2, -0.15) is 0 Å². The van der Waals surface area contributed by atoms with Crippen LogP contribution in [0.4, 0.5) is 5.69 Å². The number of ether oxygens (including phenoxy) is 2. The molecular weight excluding hydrogens is 268 g/mol. The Morgan fingerprint density at radius 3 is 2.81 bits per heavy atom. The second-order valence-electron chi connectivity index (χ2n) is 5.66. The van der Waals surface area contributed by atoms with E-state index in [9.17, 15) is 0 Å². The molecule has 1 aromatic rings. The highest BCUT2D eigenvalue weighted by Gasteiger charge is 2.24. The third-order valence-corrected chi connectivity index (χ3v) is 3.83. The summed E-state index contributed by atoms with van der Waals surface area (Å²) in [5.41, 5.74) is 1.03. The molecule has 0 amide bonds. The van der Waals surface area contributed by atoms with E-state index in [1.807, 2.05) is 18.2 Å². The molecule has 0 radical (unpaired) electrons. The van der Waals surface area contributed by atoms with E-state index in [-0.39, 0.29) is 13.2 Å². The number of aliphatic hydroxyl groups is 1. The molecule has 1 unspecified atom stereocenters. The molecule has 1 aliphatic heterocycles. The minimum Gasteiger partial charge on any atom is -0.493 e. The molecule has 0 saturated carbocycles. The van der Waals surface area contributed by atoms with Crippen LogP contribution in [0.2, 0.25) is 0 Å². The lowest BCUT2D eigenvalue weighted by Gasteiger charge is -2.21. The molecule has 1 fully saturated rings. The van der Waals surface area contributed by atoms with Gasteiger partial charge in [-0.05, 0) is 32.4 Å². The molecule has 2 N–H and O–H groups in total. The number of anilines is 1. The quantitative estimate of drug-likeness (QED) is 0.805. The number of likely N-dealkylation sites (tertiary alicyclic amines) is 1. The minimum atomic E-state index is -0.00716. The fraction of sp³-hybridized carbons (Fsp3) is 0.625. The molecule has 1 aromatic carbocycles. The lowest BCUT2D eigenvalue weighted by molar-refractivity contribution is 0.196. The summed E-state index contributed by atoms with van der Waals surface area (Å²) in [5.74, 6) is 1.35. The van der Waals surface area contributed by atoms with Crippen LogP contribution in [0.1, 0.15) is 20.3 Å². The fourth-order valence-corrected chi connectivity index (χ4v) is 2.64. The normalized spacial score (nSPS) is 19.0. The Balaban J connectivity index is 2.00. The molecule has 0 aromatic heterocycles. The number of benzene rings is 1. The van der Waals surface area contributed by atoms with Gasteiger partial charge >= 0.3 is 0 Å². The topological polar surface area (TPSA) is 54.0 Å². The van der Waals surface area contributed by atoms with Crippen molar-refractivity contribution < 1.29 is 14.6 Å². The Labute approximate surface area is 126 Å². The number of methoxy groups -OCH3 is 1. The number of nitrogens with zero attached hydrogens (tertiary/aromatic N) is 1. The highest BCUT2D eigenvalue weighted by Crippen LogP contribution is 2.31. The van der Waals surface area contributed by atoms with E-state index in [1.165, 1.54) is 0 Å². The van der Waals surface area contributed by atoms with Gasteiger partial charge in [-0.15, -0.1) is 0 Å². The van der Waals surface area contributed by atoms with E-state index in [2.05, 4.69) is 24.1 Å². The van der Waals surface area contributed by atoms with Gasteiger partial charge in [0.2, 0.25) is 0 Å². The third-order valence-electron chi connectivity index (χ3n) is 3.83. The van der Waals surface area contributed by atoms with Crippen LogP contribution in [0.3, 0.4) is 0 Å². The molecule has 0 spiro atoms. The number of rotatable bonds is 7. The lowest BCUT2D eigenvalue weighted by Crippen LogP contribution is -2.31. The van der Waals surface area contributed by atoms with E-state index < -0.39 is 0 Å². The number of hydrogen-bond acceptors (Lipinski definition) is 5. The maximum atomic E-state index is 8.88. The van der Waals surface area contributed by atoms with Crippen LogP contribution in [0.5, 0.6) is 11.5 Å². The molecule has 21 heavy (non-hydrogen) atoms. The molecule has 1 atom stereocenters. The smallest absolute Gasteiger partial charge is 0.163 e. The third kappa shape index (κ3) is 4.25. The van der Waals surface area contributed by atoms with Crippen molar-refractivity contribution in [3.05, 3.63) is 18.2 Å². The van der Waals surface area contributed by atoms with Gasteiger partial charge in [-0.1, -0.05) is 0 Å². The monoisotopic (exact) mass is 294 g/mol. The first-order valence-corrected chi connectivity index (χ1v) is 7.56. The van der Waals surface area contributed by atoms with Gasteiger partial charge in [0.1, 0.15) is 6.61 Å². The van der Waals surface area contributed by atoms with Gasteiger partial charge in [0.05, 0.1) is 13.7 Å². The second-order valence-corrected chi connectivity index (χ2v) is 5.66. The molecular formula is C16H26N2O3. The summed E-state index contributed by atoms with van der Waals surface area (Å²) in [5, 5.41) is 12.4. The van der Waals surface area contributed by atoms with Crippen molar-refractivity contribution in [3.63, 3.8) is 0 Å². The predicted octanol–water partition coefficient (Wildman–Crippen LogP) is 1.96. The van der Waals surface area contributed by atoms with Crippen molar-refractivity contribution in [2.24, 2.45) is 0 Å². The van der Waals surface area contributed by atoms with E-state index in [0.29, 0.717) is 23.6 Å². The molecule has 1 saturated heterocycles. The average Bonchev–Trinajstić information content (AvgIpc) is 2.94. The molecule has 1 aliphatic rings. The lowest BCUT2D eigenvalue weighted by atomic mass is 10.2. The number of hydrogen-bond donors (Lipinski definition) is 2. The number of aliphatic hydroxyl groups excluding tert-OH is 1. The van der Waals surface area contributed by atoms with Crippen LogP contribution in [-0.4, -0.2) is 55.5 Å². The second kappa shape index (κ2) is 7.52. The molecule has 2 rings (SSSR count). The largest absolute Gasteiger partial charge is 0.493 e. The zero-order valence-electron chi connectivity index (χ0n) is 13.1. The van der Waals surface area contributed by atoms with Gasteiger partial charge in [0.15, 0.2) is 11.5 Å². The van der Waals surface area contributed by atoms with E-state index >= 15 is 0 Å². The number of nitrogens with one attached hydrogen (secondary N) is 1. The van der Waals surface area contributed by atoms with E-state index in [4.69, 9.17) is 14.6 Å². The SMILES string of the molecule is COc1ccc(NC2CCN(C(C)C)C2)cc1OCCO. The first-order valence-electron chi connectivity index (χ1n) is 7.56. The van der Waals surface area contributed by atoms with Crippen molar-refractivity contribution >= 4 is 5.69 Å². The van der Waals surface area contributed by atoms with Crippen molar-refractivity contribution in [1.82, 2.24) is 4.90 Å². The molecule has 1 heterocycles. The summed E-state index contributed by atoms with van der Waals surface area (Å²) < 4.78 is 10.8. The van der Waals surface area contributed by atoms with Crippen molar-refractivity contribution in [2.75, 3.05) is 38.7 Å². The van der Waals surface area contributed by atoms with Gasteiger partial charge in [0.25, 0.3) is 0 Å². The van der Waals surface area contributed by atoms with E-state index in [0.717, 1.165) is 25.2 Å². The van der Waals surface area contributed by atoms with Crippen LogP contribution in [-0.2, 0) is 0 Å². The van der Waals surface area contributed by atoms with Crippen LogP contribution >= 0.6 is 0 Å². The van der Waals surface area contributed by atoms with Crippen LogP contribution in [0.15, 0.2) is 18.2 Å². The Bertz CT molecular complexity index is 451. The summed E-state index contributed by atoms with van der Waals surface area (Å²) in [6.07, 6.45) is 1.15. The van der Waals surface area contributed by atoms with Crippen molar-refractivity contribution in [2.45, 2.75) is 32.4 Å². The summed E-state index contributed by atoms with van der Waals surface area (Å²) in [4.78, 5) is 2.48. The summed E-state index contributed by atoms with van der Waals surface area (Å²) in [6.45, 7) is 6.93. The first-order chi connectivity index (χ1) is 10.1. The van der Waals surface area contributed by atoms with Gasteiger partial charge in [0, 0.05) is 36.9 Å². The van der Waals surface area contributed by atoms with Crippen LogP contribution < -0.4 is 14.8 Å². The molecule has 5 nitrogen and oxygen atoms in total. The maximum absolute atomic E-state index is 8.88. The zero-order chi connectivity index (χ0) is 15.2. The molecule has 5 heteroatoms. The molecule has 118 valence electrons. The van der Waals surface area contributed by atoms with Crippen LogP contribution in [0.25, 0.3) is 0 Å². The Morgan fingerprint density at radius 2 is 2.19 bits per heavy atom. The maximum Gasteiger partial charge on any atom is 0.163 e. The first kappa shape index (κ1) is 15.9. The highest BCUT2D eigenvalue weighted by molar-refractivity contribution is 5.55. The molecule has 0 bridgehead atoms. The van der Waals surface area contributed by atoms with E-state index in [1.54, 1.807) is 7.11 Å². The van der Waals surface area contributed by atoms with Gasteiger partial charge in [-0.3, -0.25) is 4.90 Å². The Hall–Kier alpha value is -1.46. The van der Waals surface area contributed by atoms with Crippen molar-refractivity contribution in [3.8, 4) is 11.5 Å². The summed E-state index contributed by atoms with van der Waals surface area (Å²) >= 11 is 0. The fourth-order valence-electron chi connectivity index (χ4n) is 2.64.